The van der Waals surface area contributed by atoms with Gasteiger partial charge >= 0.3 is 6.03 Å². The largest absolute Gasteiger partial charge is 0.497 e. The summed E-state index contributed by atoms with van der Waals surface area (Å²) in [6.07, 6.45) is 0.0127. The van der Waals surface area contributed by atoms with E-state index in [0.29, 0.717) is 29.1 Å². The Morgan fingerprint density at radius 3 is 2.10 bits per heavy atom. The number of methoxy groups -OCH3 is 3. The molecule has 1 aliphatic rings. The predicted octanol–water partition coefficient (Wildman–Crippen LogP) is 7.31. The van der Waals surface area contributed by atoms with Crippen molar-refractivity contribution in [1.82, 2.24) is 24.2 Å². The summed E-state index contributed by atoms with van der Waals surface area (Å²) >= 11 is 0. The molecule has 1 fully saturated rings. The average molecular weight is 827 g/mol. The van der Waals surface area contributed by atoms with Crippen LogP contribution in [0.25, 0.3) is 16.0 Å². The number of amides is 2. The molecule has 3 N–H and O–H groups in total. The molecule has 312 valence electrons. The van der Waals surface area contributed by atoms with E-state index < -0.39 is 38.6 Å². The molecule has 0 spiro atoms. The molecule has 2 aromatic heterocycles. The van der Waals surface area contributed by atoms with Crippen LogP contribution >= 0.6 is 8.53 Å². The summed E-state index contributed by atoms with van der Waals surface area (Å²) in [5, 5.41) is 2.43. The van der Waals surface area contributed by atoms with E-state index in [1.807, 2.05) is 78.9 Å². The van der Waals surface area contributed by atoms with Crippen LogP contribution in [0.4, 0.5) is 10.7 Å². The molecule has 5 aromatic rings. The van der Waals surface area contributed by atoms with Crippen LogP contribution in [0.2, 0.25) is 0 Å². The Morgan fingerprint density at radius 1 is 0.949 bits per heavy atom. The predicted molar refractivity (Wildman–Crippen MR) is 223 cm³/mol. The fraction of sp³-hybridized carbons (Fsp3) is 0.405. The number of anilines is 1. The van der Waals surface area contributed by atoms with Crippen LogP contribution in [0.15, 0.2) is 85.2 Å². The Labute approximate surface area is 345 Å². The minimum absolute atomic E-state index is 0.0536. The molecular weight excluding hydrogens is 775 g/mol. The van der Waals surface area contributed by atoms with Crippen molar-refractivity contribution < 1.29 is 37.5 Å². The standard InChI is InChI=1S/C42H51N8O8P/c1-27(2)50(28(3)4)59(56-23-22-44-5)58-34-24-36(49-26-45-37-38(49)46-41(48-40(43)51)47-39(37)54-8)57-35(34)25-55-42(29-12-10-9-11-13-29,30-14-18-32(52-6)19-15-30)31-16-20-33(53-7)21-17-31/h9-21,26-28,34-36H,22-25H2,1-4,6-8H3,(H3,43,46,47,48,51)/t34?,35-,36-,59?/m1/s1. The molecule has 0 saturated carbocycles. The summed E-state index contributed by atoms with van der Waals surface area (Å²) < 4.78 is 48.2. The van der Waals surface area contributed by atoms with Crippen molar-refractivity contribution in [2.24, 2.45) is 5.73 Å². The van der Waals surface area contributed by atoms with Crippen LogP contribution in [0.5, 0.6) is 17.4 Å². The van der Waals surface area contributed by atoms with Gasteiger partial charge in [0.2, 0.25) is 18.4 Å². The number of carbonyl (C=O) groups excluding carboxylic acids is 1. The minimum Gasteiger partial charge on any atom is -0.497 e. The van der Waals surface area contributed by atoms with Crippen LogP contribution in [-0.4, -0.2) is 95.6 Å². The Morgan fingerprint density at radius 2 is 1.56 bits per heavy atom. The van der Waals surface area contributed by atoms with Gasteiger partial charge in [0.1, 0.15) is 36.0 Å². The van der Waals surface area contributed by atoms with Gasteiger partial charge in [-0.1, -0.05) is 54.6 Å². The van der Waals surface area contributed by atoms with Gasteiger partial charge in [-0.2, -0.15) is 9.97 Å². The molecule has 17 heteroatoms. The number of nitrogens with one attached hydrogen (secondary N) is 1. The number of nitrogens with two attached hydrogens (primary N) is 1. The summed E-state index contributed by atoms with van der Waals surface area (Å²) in [5.41, 5.74) is 7.60. The Bertz CT molecular complexity index is 2130. The normalized spacial score (nSPS) is 17.3. The van der Waals surface area contributed by atoms with Gasteiger partial charge in [-0.05, 0) is 68.7 Å². The Kier molecular flexibility index (Phi) is 14.3. The fourth-order valence-corrected chi connectivity index (χ4v) is 8.98. The second-order valence-electron chi connectivity index (χ2n) is 14.2. The monoisotopic (exact) mass is 826 g/mol. The summed E-state index contributed by atoms with van der Waals surface area (Å²) in [6.45, 7) is 16.2. The number of fused-ring (bicyclic) bond motifs is 1. The highest BCUT2D eigenvalue weighted by molar-refractivity contribution is 7.44. The smallest absolute Gasteiger partial charge is 0.319 e. The van der Waals surface area contributed by atoms with Gasteiger partial charge in [0.15, 0.2) is 11.2 Å². The molecule has 2 amide bonds. The molecule has 4 atom stereocenters. The van der Waals surface area contributed by atoms with E-state index in [1.165, 1.54) is 7.11 Å². The van der Waals surface area contributed by atoms with Crippen molar-refractivity contribution in [2.75, 3.05) is 46.4 Å². The summed E-state index contributed by atoms with van der Waals surface area (Å²) in [7, 11) is 3.05. The second-order valence-corrected chi connectivity index (χ2v) is 15.6. The lowest BCUT2D eigenvalue weighted by Gasteiger charge is -2.39. The van der Waals surface area contributed by atoms with E-state index in [9.17, 15) is 4.79 Å². The maximum absolute atomic E-state index is 11.8. The van der Waals surface area contributed by atoms with E-state index in [1.54, 1.807) is 25.1 Å². The number of benzene rings is 3. The zero-order valence-corrected chi connectivity index (χ0v) is 35.2. The average Bonchev–Trinajstić information content (AvgIpc) is 3.85. The number of hydrogen-bond acceptors (Lipinski definition) is 12. The van der Waals surface area contributed by atoms with Gasteiger partial charge < -0.3 is 43.3 Å². The maximum atomic E-state index is 11.8. The number of imidazole rings is 1. The van der Waals surface area contributed by atoms with Gasteiger partial charge in [0.05, 0.1) is 40.4 Å². The molecular formula is C42H51N8O8P. The first-order valence-corrected chi connectivity index (χ1v) is 20.4. The number of hydrogen-bond donors (Lipinski definition) is 2. The zero-order valence-electron chi connectivity index (χ0n) is 34.3. The third-order valence-corrected chi connectivity index (χ3v) is 12.0. The maximum Gasteiger partial charge on any atom is 0.319 e. The number of carbonyl (C=O) groups is 1. The van der Waals surface area contributed by atoms with Gasteiger partial charge in [0, 0.05) is 18.5 Å². The van der Waals surface area contributed by atoms with Crippen LogP contribution in [0.1, 0.15) is 57.0 Å². The molecule has 3 heterocycles. The highest BCUT2D eigenvalue weighted by Crippen LogP contribution is 2.51. The number of urea groups is 1. The first kappa shape index (κ1) is 43.2. The number of aromatic nitrogens is 4. The molecule has 16 nitrogen and oxygen atoms in total. The van der Waals surface area contributed by atoms with E-state index in [4.69, 9.17) is 45.0 Å². The van der Waals surface area contributed by atoms with E-state index >= 15 is 0 Å². The highest BCUT2D eigenvalue weighted by Gasteiger charge is 2.45. The molecule has 0 radical (unpaired) electrons. The van der Waals surface area contributed by atoms with Crippen molar-refractivity contribution in [1.29, 1.82) is 0 Å². The first-order chi connectivity index (χ1) is 28.5. The van der Waals surface area contributed by atoms with Gasteiger partial charge in [0.25, 0.3) is 8.53 Å². The fourth-order valence-electron chi connectivity index (χ4n) is 7.23. The molecule has 0 aliphatic carbocycles. The Hall–Kier alpha value is -5.40. The number of ether oxygens (including phenoxy) is 5. The van der Waals surface area contributed by atoms with E-state index in [2.05, 4.69) is 57.5 Å². The van der Waals surface area contributed by atoms with Crippen LogP contribution in [0, 0.1) is 6.57 Å². The third kappa shape index (κ3) is 9.57. The van der Waals surface area contributed by atoms with Crippen molar-refractivity contribution in [3.8, 4) is 17.4 Å². The van der Waals surface area contributed by atoms with Crippen molar-refractivity contribution in [3.63, 3.8) is 0 Å². The lowest BCUT2D eigenvalue weighted by Crippen LogP contribution is -2.39. The SMILES string of the molecule is [C-]#[N+]CCOP(OC1C[C@H](n2cnc3c(OC)nc(NC(N)=O)nc32)O[C@@H]1COC(c1ccccc1)(c1ccc(OC)cc1)c1ccc(OC)cc1)N(C(C)C)C(C)C. The van der Waals surface area contributed by atoms with Crippen molar-refractivity contribution in [3.05, 3.63) is 113 Å². The summed E-state index contributed by atoms with van der Waals surface area (Å²) in [5.74, 6) is 1.50. The molecule has 3 aromatic carbocycles. The lowest BCUT2D eigenvalue weighted by molar-refractivity contribution is -0.0911. The lowest BCUT2D eigenvalue weighted by atomic mass is 9.80. The van der Waals surface area contributed by atoms with Crippen LogP contribution in [-0.2, 0) is 24.1 Å². The molecule has 0 bridgehead atoms. The summed E-state index contributed by atoms with van der Waals surface area (Å²) in [4.78, 5) is 28.7. The second kappa shape index (κ2) is 19.6. The highest BCUT2D eigenvalue weighted by atomic mass is 31.2. The number of nitrogens with zero attached hydrogens (tertiary/aromatic N) is 6. The van der Waals surface area contributed by atoms with Crippen molar-refractivity contribution in [2.45, 2.75) is 70.2 Å². The topological polar surface area (TPSA) is 171 Å². The Balaban J connectivity index is 1.46. The third-order valence-electron chi connectivity index (χ3n) is 9.82. The number of rotatable bonds is 19. The zero-order chi connectivity index (χ0) is 42.1. The molecule has 1 aliphatic heterocycles. The molecule has 6 rings (SSSR count). The molecule has 1 saturated heterocycles. The van der Waals surface area contributed by atoms with E-state index in [-0.39, 0.29) is 43.7 Å². The van der Waals surface area contributed by atoms with Crippen LogP contribution < -0.4 is 25.3 Å². The summed E-state index contributed by atoms with van der Waals surface area (Å²) in [6, 6.07) is 25.0. The van der Waals surface area contributed by atoms with Crippen molar-refractivity contribution >= 4 is 31.7 Å². The van der Waals surface area contributed by atoms with Crippen LogP contribution in [0.3, 0.4) is 0 Å². The number of primary amides is 1. The molecule has 59 heavy (non-hydrogen) atoms. The first-order valence-electron chi connectivity index (χ1n) is 19.2. The minimum atomic E-state index is -1.67. The van der Waals surface area contributed by atoms with Gasteiger partial charge in [-0.25, -0.2) is 21.0 Å². The molecule has 2 unspecified atom stereocenters. The van der Waals surface area contributed by atoms with Gasteiger partial charge in [-0.15, -0.1) is 0 Å². The van der Waals surface area contributed by atoms with E-state index in [0.717, 1.165) is 16.7 Å². The quantitative estimate of drug-likeness (QED) is 0.0369. The van der Waals surface area contributed by atoms with Gasteiger partial charge in [-0.3, -0.25) is 9.88 Å².